The molecule has 2 fully saturated rings. The highest BCUT2D eigenvalue weighted by Crippen LogP contribution is 2.26. The highest BCUT2D eigenvalue weighted by molar-refractivity contribution is 4.90. The van der Waals surface area contributed by atoms with Gasteiger partial charge in [-0.3, -0.25) is 0 Å². The topological polar surface area (TPSA) is 35.5 Å². The van der Waals surface area contributed by atoms with Crippen LogP contribution in [0.5, 0.6) is 0 Å². The van der Waals surface area contributed by atoms with Crippen molar-refractivity contribution in [2.75, 3.05) is 26.2 Å². The average Bonchev–Trinajstić information content (AvgIpc) is 2.61. The predicted octanol–water partition coefficient (Wildman–Crippen LogP) is 0.831. The van der Waals surface area contributed by atoms with Crippen LogP contribution in [0.1, 0.15) is 32.6 Å². The molecule has 2 heterocycles. The van der Waals surface area contributed by atoms with E-state index in [-0.39, 0.29) is 6.10 Å². The van der Waals surface area contributed by atoms with Gasteiger partial charge in [0.25, 0.3) is 0 Å². The van der Waals surface area contributed by atoms with Gasteiger partial charge in [0, 0.05) is 19.1 Å². The first-order valence-electron chi connectivity index (χ1n) is 6.43. The maximum Gasteiger partial charge on any atom is 0.0664 e. The minimum absolute atomic E-state index is 0.144. The third-order valence-electron chi connectivity index (χ3n) is 3.87. The Hall–Kier alpha value is -0.120. The molecule has 2 N–H and O–H groups in total. The van der Waals surface area contributed by atoms with E-state index in [0.29, 0.717) is 6.04 Å². The van der Waals surface area contributed by atoms with Gasteiger partial charge in [0.15, 0.2) is 0 Å². The standard InChI is InChI=1S/C12H24N2O/c1-2-3-11(15)8-13-12-5-7-14-6-4-10(12)9-14/h10-13,15H,2-9H2,1H3. The molecule has 0 aromatic rings. The molecule has 0 radical (unpaired) electrons. The van der Waals surface area contributed by atoms with E-state index in [0.717, 1.165) is 25.3 Å². The first kappa shape index (κ1) is 11.4. The molecule has 2 aliphatic rings. The fourth-order valence-electron chi connectivity index (χ4n) is 2.94. The molecule has 3 heteroatoms. The Morgan fingerprint density at radius 2 is 2.20 bits per heavy atom. The van der Waals surface area contributed by atoms with Crippen molar-refractivity contribution in [2.24, 2.45) is 5.92 Å². The van der Waals surface area contributed by atoms with Gasteiger partial charge in [-0.15, -0.1) is 0 Å². The first-order chi connectivity index (χ1) is 7.29. The molecule has 4 atom stereocenters. The monoisotopic (exact) mass is 212 g/mol. The van der Waals surface area contributed by atoms with E-state index >= 15 is 0 Å². The van der Waals surface area contributed by atoms with Crippen molar-refractivity contribution in [1.29, 1.82) is 0 Å². The van der Waals surface area contributed by atoms with Crippen molar-refractivity contribution in [1.82, 2.24) is 10.2 Å². The highest BCUT2D eigenvalue weighted by atomic mass is 16.3. The van der Waals surface area contributed by atoms with Gasteiger partial charge in [-0.05, 0) is 38.3 Å². The summed E-state index contributed by atoms with van der Waals surface area (Å²) < 4.78 is 0. The van der Waals surface area contributed by atoms with Crippen LogP contribution >= 0.6 is 0 Å². The summed E-state index contributed by atoms with van der Waals surface area (Å²) in [6, 6.07) is 0.662. The fourth-order valence-corrected chi connectivity index (χ4v) is 2.94. The molecule has 2 bridgehead atoms. The molecule has 15 heavy (non-hydrogen) atoms. The van der Waals surface area contributed by atoms with Crippen molar-refractivity contribution in [3.63, 3.8) is 0 Å². The Kier molecular flexibility index (Phi) is 4.00. The lowest BCUT2D eigenvalue weighted by Crippen LogP contribution is -2.46. The lowest BCUT2D eigenvalue weighted by Gasteiger charge is -2.31. The Morgan fingerprint density at radius 3 is 3.00 bits per heavy atom. The van der Waals surface area contributed by atoms with E-state index in [9.17, 15) is 5.11 Å². The number of hydrogen-bond donors (Lipinski definition) is 2. The molecule has 0 saturated carbocycles. The van der Waals surface area contributed by atoms with Gasteiger partial charge in [0.2, 0.25) is 0 Å². The molecule has 0 aromatic heterocycles. The number of fused-ring (bicyclic) bond motifs is 2. The molecule has 88 valence electrons. The van der Waals surface area contributed by atoms with Crippen LogP contribution in [0.15, 0.2) is 0 Å². The summed E-state index contributed by atoms with van der Waals surface area (Å²) in [5, 5.41) is 13.2. The molecule has 2 aliphatic heterocycles. The highest BCUT2D eigenvalue weighted by Gasteiger charge is 2.33. The Morgan fingerprint density at radius 1 is 1.40 bits per heavy atom. The predicted molar refractivity (Wildman–Crippen MR) is 61.9 cm³/mol. The maximum absolute atomic E-state index is 9.68. The zero-order chi connectivity index (χ0) is 10.7. The molecule has 2 rings (SSSR count). The summed E-state index contributed by atoms with van der Waals surface area (Å²) in [4.78, 5) is 2.56. The summed E-state index contributed by atoms with van der Waals surface area (Å²) in [6.07, 6.45) is 4.47. The molecule has 3 nitrogen and oxygen atoms in total. The second-order valence-electron chi connectivity index (χ2n) is 5.10. The number of aliphatic hydroxyl groups excluding tert-OH is 1. The summed E-state index contributed by atoms with van der Waals surface area (Å²) in [5.74, 6) is 0.840. The van der Waals surface area contributed by atoms with Crippen LogP contribution in [-0.2, 0) is 0 Å². The second kappa shape index (κ2) is 5.28. The van der Waals surface area contributed by atoms with Gasteiger partial charge in [-0.1, -0.05) is 13.3 Å². The number of piperidine rings is 1. The lowest BCUT2D eigenvalue weighted by molar-refractivity contribution is 0.142. The maximum atomic E-state index is 9.68. The SMILES string of the molecule is CCCC(O)CNC1CCN2CCC1C2. The average molecular weight is 212 g/mol. The zero-order valence-corrected chi connectivity index (χ0v) is 9.78. The fraction of sp³-hybridized carbons (Fsp3) is 1.00. The summed E-state index contributed by atoms with van der Waals surface area (Å²) in [5.41, 5.74) is 0. The van der Waals surface area contributed by atoms with Gasteiger partial charge in [0.05, 0.1) is 6.10 Å². The number of nitrogens with zero attached hydrogens (tertiary/aromatic N) is 1. The van der Waals surface area contributed by atoms with Crippen LogP contribution in [0.25, 0.3) is 0 Å². The second-order valence-corrected chi connectivity index (χ2v) is 5.10. The van der Waals surface area contributed by atoms with Crippen molar-refractivity contribution >= 4 is 0 Å². The number of hydrogen-bond acceptors (Lipinski definition) is 3. The quantitative estimate of drug-likeness (QED) is 0.708. The smallest absolute Gasteiger partial charge is 0.0664 e. The normalized spacial score (nSPS) is 36.8. The molecule has 4 unspecified atom stereocenters. The molecule has 0 spiro atoms. The van der Waals surface area contributed by atoms with Crippen molar-refractivity contribution in [3.05, 3.63) is 0 Å². The molecule has 0 aliphatic carbocycles. The third-order valence-corrected chi connectivity index (χ3v) is 3.87. The summed E-state index contributed by atoms with van der Waals surface area (Å²) in [6.45, 7) is 6.73. The number of aliphatic hydroxyl groups is 1. The van der Waals surface area contributed by atoms with Gasteiger partial charge in [-0.2, -0.15) is 0 Å². The lowest BCUT2D eigenvalue weighted by atomic mass is 9.94. The van der Waals surface area contributed by atoms with E-state index in [1.807, 2.05) is 0 Å². The molecular weight excluding hydrogens is 188 g/mol. The van der Waals surface area contributed by atoms with E-state index in [1.54, 1.807) is 0 Å². The number of rotatable bonds is 5. The van der Waals surface area contributed by atoms with Gasteiger partial charge < -0.3 is 15.3 Å². The van der Waals surface area contributed by atoms with Crippen LogP contribution in [0, 0.1) is 5.92 Å². The summed E-state index contributed by atoms with van der Waals surface area (Å²) in [7, 11) is 0. The van der Waals surface area contributed by atoms with E-state index < -0.39 is 0 Å². The largest absolute Gasteiger partial charge is 0.392 e. The van der Waals surface area contributed by atoms with E-state index in [2.05, 4.69) is 17.1 Å². The van der Waals surface area contributed by atoms with Crippen LogP contribution in [0.2, 0.25) is 0 Å². The minimum atomic E-state index is -0.144. The van der Waals surface area contributed by atoms with E-state index in [4.69, 9.17) is 0 Å². The van der Waals surface area contributed by atoms with E-state index in [1.165, 1.54) is 32.5 Å². The minimum Gasteiger partial charge on any atom is -0.392 e. The van der Waals surface area contributed by atoms with Crippen LogP contribution < -0.4 is 5.32 Å². The summed E-state index contributed by atoms with van der Waals surface area (Å²) >= 11 is 0. The van der Waals surface area contributed by atoms with Gasteiger partial charge in [-0.25, -0.2) is 0 Å². The Bertz CT molecular complexity index is 198. The van der Waals surface area contributed by atoms with Gasteiger partial charge >= 0.3 is 0 Å². The Balaban J connectivity index is 1.70. The van der Waals surface area contributed by atoms with Crippen LogP contribution in [0.3, 0.4) is 0 Å². The Labute approximate surface area is 92.8 Å². The molecule has 0 aromatic carbocycles. The molecular formula is C12H24N2O. The van der Waals surface area contributed by atoms with Gasteiger partial charge in [0.1, 0.15) is 0 Å². The zero-order valence-electron chi connectivity index (χ0n) is 9.78. The molecule has 2 saturated heterocycles. The number of nitrogens with one attached hydrogen (secondary N) is 1. The van der Waals surface area contributed by atoms with Crippen LogP contribution in [0.4, 0.5) is 0 Å². The van der Waals surface area contributed by atoms with Crippen molar-refractivity contribution < 1.29 is 5.11 Å². The van der Waals surface area contributed by atoms with Crippen molar-refractivity contribution in [2.45, 2.75) is 44.8 Å². The van der Waals surface area contributed by atoms with Crippen LogP contribution in [-0.4, -0.2) is 48.3 Å². The molecule has 0 amide bonds. The third kappa shape index (κ3) is 2.92. The first-order valence-corrected chi connectivity index (χ1v) is 6.43. The van der Waals surface area contributed by atoms with Crippen molar-refractivity contribution in [3.8, 4) is 0 Å².